The number of fused-ring (bicyclic) bond motifs is 9. The number of H-pyrrole nitrogens is 2. The average Bonchev–Trinajstić information content (AvgIpc) is 3.91. The third-order valence-corrected chi connectivity index (χ3v) is 14.5. The van der Waals surface area contributed by atoms with E-state index in [1.54, 1.807) is 0 Å². The lowest BCUT2D eigenvalue weighted by atomic mass is 9.96. The second-order valence-corrected chi connectivity index (χ2v) is 18.5. The fourth-order valence-electron chi connectivity index (χ4n) is 11.3. The van der Waals surface area contributed by atoms with Gasteiger partial charge in [0.2, 0.25) is 5.91 Å². The number of aliphatic hydroxyl groups excluding tert-OH is 1. The van der Waals surface area contributed by atoms with E-state index in [1.807, 2.05) is 49.1 Å². The van der Waals surface area contributed by atoms with Crippen LogP contribution in [0.2, 0.25) is 0 Å². The number of carbonyl (C=O) groups is 3. The Bertz CT molecular complexity index is 2970. The summed E-state index contributed by atoms with van der Waals surface area (Å²) in [6.07, 6.45) is 2.59. The van der Waals surface area contributed by atoms with E-state index in [-0.39, 0.29) is 36.0 Å². The van der Waals surface area contributed by atoms with Gasteiger partial charge in [-0.3, -0.25) is 9.69 Å². The van der Waals surface area contributed by atoms with E-state index in [0.717, 1.165) is 104 Å². The number of rotatable bonds is 10. The van der Waals surface area contributed by atoms with Crippen LogP contribution in [0.1, 0.15) is 81.3 Å². The monoisotopic (exact) mass is 860 g/mol. The number of ether oxygens (including phenoxy) is 2. The number of amides is 3. The van der Waals surface area contributed by atoms with Crippen molar-refractivity contribution < 1.29 is 29.0 Å². The minimum atomic E-state index is -0.998. The molecule has 2 aromatic heterocycles. The number of piperidine rings is 2. The summed E-state index contributed by atoms with van der Waals surface area (Å²) in [4.78, 5) is 60.4. The number of alkyl carbamates (subject to hydrolysis) is 2. The van der Waals surface area contributed by atoms with E-state index in [0.29, 0.717) is 11.8 Å². The van der Waals surface area contributed by atoms with Crippen molar-refractivity contribution in [1.29, 1.82) is 0 Å². The van der Waals surface area contributed by atoms with Crippen LogP contribution in [0.3, 0.4) is 0 Å². The van der Waals surface area contributed by atoms with Gasteiger partial charge in [0.05, 0.1) is 54.4 Å². The first-order chi connectivity index (χ1) is 31.1. The number of aromatic nitrogens is 4. The summed E-state index contributed by atoms with van der Waals surface area (Å²) in [6.45, 7) is 3.86. The summed E-state index contributed by atoms with van der Waals surface area (Å²) in [5.41, 5.74) is 6.57. The summed E-state index contributed by atoms with van der Waals surface area (Å²) in [6, 6.07) is 29.5. The van der Waals surface area contributed by atoms with Gasteiger partial charge < -0.3 is 40.1 Å². The summed E-state index contributed by atoms with van der Waals surface area (Å²) < 4.78 is 9.81. The molecule has 328 valence electrons. The maximum absolute atomic E-state index is 14.0. The van der Waals surface area contributed by atoms with Crippen molar-refractivity contribution in [3.05, 3.63) is 108 Å². The number of likely N-dealkylation sites (tertiary alicyclic amines) is 2. The van der Waals surface area contributed by atoms with Gasteiger partial charge in [-0.15, -0.1) is 0 Å². The fourth-order valence-corrected chi connectivity index (χ4v) is 11.3. The van der Waals surface area contributed by atoms with Gasteiger partial charge in [0, 0.05) is 22.9 Å². The van der Waals surface area contributed by atoms with Gasteiger partial charge in [-0.25, -0.2) is 19.6 Å². The van der Waals surface area contributed by atoms with Crippen LogP contribution in [0.5, 0.6) is 0 Å². The second kappa shape index (κ2) is 15.6. The number of nitrogens with one attached hydrogen (secondary N) is 4. The Hall–Kier alpha value is -6.51. The maximum atomic E-state index is 14.0. The van der Waals surface area contributed by atoms with Crippen LogP contribution < -0.4 is 10.6 Å². The number of aromatic amines is 2. The third-order valence-electron chi connectivity index (χ3n) is 14.5. The smallest absolute Gasteiger partial charge is 0.407 e. The lowest BCUT2D eigenvalue weighted by molar-refractivity contribution is -0.136. The van der Waals surface area contributed by atoms with E-state index in [9.17, 15) is 19.5 Å². The number of aliphatic hydroxyl groups is 1. The molecule has 5 aromatic carbocycles. The average molecular weight is 861 g/mol. The second-order valence-electron chi connectivity index (χ2n) is 18.5. The molecule has 2 aliphatic carbocycles. The number of methoxy groups -OCH3 is 2. The molecule has 0 radical (unpaired) electrons. The van der Waals surface area contributed by atoms with Crippen molar-refractivity contribution in [2.24, 2.45) is 17.8 Å². The predicted octanol–water partition coefficient (Wildman–Crippen LogP) is 8.40. The quantitative estimate of drug-likeness (QED) is 0.0904. The first kappa shape index (κ1) is 40.3. The molecule has 0 spiro atoms. The van der Waals surface area contributed by atoms with E-state index < -0.39 is 30.5 Å². The molecule has 4 fully saturated rings. The van der Waals surface area contributed by atoms with Gasteiger partial charge in [-0.1, -0.05) is 80.6 Å². The standard InChI is InChI=1S/C50H52N8O6/c1-25(2)40(55-49(61)63-3)47(59)58-38-23-32(38)24-39(58)45-51-36-18-13-29-20-27(11-16-34(29)42(36)53-45)28-12-17-35-30(21-28)14-19-37-43(35)54-46(52-37)44-31-10-15-33(22-31)57(44)48(60)41(56-50(62)64-4)26-8-6-5-7-9-26/h5-9,11-14,16-21,25,31-33,38-41,44,48,60H,10,15,22-24H2,1-4H3,(H,51,53)(H,52,54)(H,55,61)(H,56,62)/t31-,32+,33+,38+,39?,40-,41+,44?,48?/m0/s1. The number of imidazole rings is 2. The highest BCUT2D eigenvalue weighted by atomic mass is 16.5. The van der Waals surface area contributed by atoms with Crippen LogP contribution in [0.15, 0.2) is 91.0 Å². The molecule has 4 aliphatic rings. The van der Waals surface area contributed by atoms with Crippen LogP contribution >= 0.6 is 0 Å². The Morgan fingerprint density at radius 3 is 2.00 bits per heavy atom. The SMILES string of the molecule is COC(=O)N[C@H](C(=O)N1C(c2nc3c(ccc4cc(-c5ccc6c(ccc7[nH]c(C8[C@H]9CC[C@H](C9)N8C(O)[C@H](NC(=O)OC)c8ccccc8)nc76)c5)ccc43)[nH]2)C[C@H]2C[C@H]21)C(C)C. The Balaban J connectivity index is 0.873. The summed E-state index contributed by atoms with van der Waals surface area (Å²) in [5, 5.41) is 22.0. The third kappa shape index (κ3) is 6.73. The highest BCUT2D eigenvalue weighted by Crippen LogP contribution is 2.54. The molecule has 64 heavy (non-hydrogen) atoms. The lowest BCUT2D eigenvalue weighted by Crippen LogP contribution is -2.52. The number of hydrogen-bond donors (Lipinski definition) is 5. The molecular weight excluding hydrogens is 809 g/mol. The Morgan fingerprint density at radius 2 is 1.36 bits per heavy atom. The van der Waals surface area contributed by atoms with Crippen LogP contribution in [0.25, 0.3) is 54.7 Å². The van der Waals surface area contributed by atoms with Gasteiger partial charge in [0.15, 0.2) is 0 Å². The van der Waals surface area contributed by atoms with Crippen molar-refractivity contribution in [3.63, 3.8) is 0 Å². The summed E-state index contributed by atoms with van der Waals surface area (Å²) in [7, 11) is 2.64. The minimum Gasteiger partial charge on any atom is -0.453 e. The molecule has 2 bridgehead atoms. The maximum Gasteiger partial charge on any atom is 0.407 e. The molecule has 2 aliphatic heterocycles. The summed E-state index contributed by atoms with van der Waals surface area (Å²) in [5.74, 6) is 2.14. The van der Waals surface area contributed by atoms with Gasteiger partial charge >= 0.3 is 12.2 Å². The zero-order valence-corrected chi connectivity index (χ0v) is 36.2. The molecular formula is C50H52N8O6. The molecule has 2 saturated carbocycles. The van der Waals surface area contributed by atoms with Crippen molar-refractivity contribution >= 4 is 61.7 Å². The van der Waals surface area contributed by atoms with Crippen molar-refractivity contribution in [3.8, 4) is 11.1 Å². The van der Waals surface area contributed by atoms with Crippen molar-refractivity contribution in [2.75, 3.05) is 14.2 Å². The van der Waals surface area contributed by atoms with E-state index in [1.165, 1.54) is 14.2 Å². The Morgan fingerprint density at radius 1 is 0.734 bits per heavy atom. The number of carbonyl (C=O) groups excluding carboxylic acids is 3. The Kier molecular flexibility index (Phi) is 9.84. The lowest BCUT2D eigenvalue weighted by Gasteiger charge is -2.40. The fraction of sp³-hybridized carbons (Fsp3) is 0.380. The first-order valence-electron chi connectivity index (χ1n) is 22.4. The Labute approximate surface area is 369 Å². The van der Waals surface area contributed by atoms with E-state index in [2.05, 4.69) is 86.2 Å². The topological polar surface area (TPSA) is 178 Å². The van der Waals surface area contributed by atoms with Crippen LogP contribution in [-0.2, 0) is 14.3 Å². The molecule has 3 amide bonds. The van der Waals surface area contributed by atoms with E-state index in [4.69, 9.17) is 19.4 Å². The number of benzene rings is 5. The number of hydrogen-bond acceptors (Lipinski definition) is 9. The molecule has 14 nitrogen and oxygen atoms in total. The minimum absolute atomic E-state index is 0.0969. The molecule has 14 heteroatoms. The molecule has 4 heterocycles. The van der Waals surface area contributed by atoms with Crippen molar-refractivity contribution in [2.45, 2.75) is 88.4 Å². The zero-order valence-electron chi connectivity index (χ0n) is 36.2. The molecule has 11 rings (SSSR count). The first-order valence-corrected chi connectivity index (χ1v) is 22.4. The summed E-state index contributed by atoms with van der Waals surface area (Å²) >= 11 is 0. The highest BCUT2D eigenvalue weighted by Gasteiger charge is 2.56. The largest absolute Gasteiger partial charge is 0.453 e. The van der Waals surface area contributed by atoms with Crippen LogP contribution in [-0.4, -0.2) is 91.5 Å². The molecule has 5 N–H and O–H groups in total. The normalized spacial score (nSPS) is 24.1. The van der Waals surface area contributed by atoms with Gasteiger partial charge in [0.25, 0.3) is 0 Å². The van der Waals surface area contributed by atoms with Gasteiger partial charge in [-0.05, 0) is 102 Å². The van der Waals surface area contributed by atoms with Crippen LogP contribution in [0.4, 0.5) is 9.59 Å². The number of nitrogens with zero attached hydrogens (tertiary/aromatic N) is 4. The van der Waals surface area contributed by atoms with Gasteiger partial charge in [-0.2, -0.15) is 0 Å². The highest BCUT2D eigenvalue weighted by molar-refractivity contribution is 6.07. The molecule has 9 atom stereocenters. The zero-order chi connectivity index (χ0) is 44.0. The van der Waals surface area contributed by atoms with Gasteiger partial charge in [0.1, 0.15) is 23.9 Å². The molecule has 7 aromatic rings. The van der Waals surface area contributed by atoms with E-state index >= 15 is 0 Å². The van der Waals surface area contributed by atoms with Crippen molar-refractivity contribution in [1.82, 2.24) is 40.4 Å². The predicted molar refractivity (Wildman–Crippen MR) is 243 cm³/mol. The molecule has 3 unspecified atom stereocenters. The van der Waals surface area contributed by atoms with Crippen LogP contribution in [0, 0.1) is 17.8 Å². The molecule has 2 saturated heterocycles.